The van der Waals surface area contributed by atoms with E-state index in [0.717, 1.165) is 21.9 Å². The van der Waals surface area contributed by atoms with Crippen molar-refractivity contribution in [3.63, 3.8) is 0 Å². The Morgan fingerprint density at radius 3 is 2.88 bits per heavy atom. The fourth-order valence-corrected chi connectivity index (χ4v) is 2.09. The van der Waals surface area contributed by atoms with E-state index in [1.54, 1.807) is 0 Å². The number of fused-ring (bicyclic) bond motifs is 3. The summed E-state index contributed by atoms with van der Waals surface area (Å²) < 4.78 is 0. The van der Waals surface area contributed by atoms with Gasteiger partial charge in [-0.1, -0.05) is 35.5 Å². The van der Waals surface area contributed by atoms with E-state index in [1.165, 1.54) is 11.6 Å². The Hall–Kier alpha value is -2.29. The molecule has 0 fully saturated rings. The summed E-state index contributed by atoms with van der Waals surface area (Å²) in [6.07, 6.45) is 3.29. The highest BCUT2D eigenvalue weighted by Gasteiger charge is 2.05. The van der Waals surface area contributed by atoms with Crippen LogP contribution in [0.3, 0.4) is 0 Å². The van der Waals surface area contributed by atoms with Gasteiger partial charge >= 0.3 is 0 Å². The van der Waals surface area contributed by atoms with Gasteiger partial charge in [0.2, 0.25) is 0 Å². The molecule has 0 aliphatic carbocycles. The van der Waals surface area contributed by atoms with Crippen LogP contribution in [0.4, 0.5) is 0 Å². The van der Waals surface area contributed by atoms with Crippen LogP contribution in [-0.2, 0) is 0 Å². The summed E-state index contributed by atoms with van der Waals surface area (Å²) in [6.45, 7) is 0. The predicted molar refractivity (Wildman–Crippen MR) is 65.2 cm³/mol. The molecule has 0 saturated carbocycles. The van der Waals surface area contributed by atoms with E-state index >= 15 is 0 Å². The van der Waals surface area contributed by atoms with Gasteiger partial charge in [-0.2, -0.15) is 0 Å². The van der Waals surface area contributed by atoms with Crippen LogP contribution in [0.5, 0.6) is 0 Å². The molecule has 16 heavy (non-hydrogen) atoms. The number of rotatable bonds is 1. The molecule has 3 heteroatoms. The molecule has 3 nitrogen and oxygen atoms in total. The number of aromatic nitrogens is 1. The highest BCUT2D eigenvalue weighted by atomic mass is 16.4. The monoisotopic (exact) mass is 210 g/mol. The minimum atomic E-state index is 0.898. The molecule has 0 spiro atoms. The molecule has 1 aromatic heterocycles. The van der Waals surface area contributed by atoms with Crippen LogP contribution in [0.15, 0.2) is 47.8 Å². The van der Waals surface area contributed by atoms with Gasteiger partial charge in [0, 0.05) is 22.7 Å². The third-order valence-corrected chi connectivity index (χ3v) is 2.80. The molecule has 78 valence electrons. The quantitative estimate of drug-likeness (QED) is 0.362. The number of nitrogens with one attached hydrogen (secondary N) is 1. The Labute approximate surface area is 92.0 Å². The summed E-state index contributed by atoms with van der Waals surface area (Å²) in [5.74, 6) is 0. The van der Waals surface area contributed by atoms with Crippen molar-refractivity contribution in [3.8, 4) is 0 Å². The maximum atomic E-state index is 8.63. The molecule has 3 rings (SSSR count). The predicted octanol–water partition coefficient (Wildman–Crippen LogP) is 3.13. The zero-order chi connectivity index (χ0) is 11.0. The number of aromatic amines is 1. The third-order valence-electron chi connectivity index (χ3n) is 2.80. The minimum Gasteiger partial charge on any atom is -0.411 e. The smallest absolute Gasteiger partial charge is 0.0755 e. The van der Waals surface area contributed by atoms with Gasteiger partial charge < -0.3 is 10.2 Å². The average molecular weight is 210 g/mol. The first kappa shape index (κ1) is 8.97. The summed E-state index contributed by atoms with van der Waals surface area (Å²) in [6, 6.07) is 12.3. The second-order valence-electron chi connectivity index (χ2n) is 3.70. The summed E-state index contributed by atoms with van der Waals surface area (Å²) in [5, 5.41) is 15.2. The number of hydrogen-bond acceptors (Lipinski definition) is 2. The van der Waals surface area contributed by atoms with Crippen LogP contribution in [0.2, 0.25) is 0 Å². The lowest BCUT2D eigenvalue weighted by atomic mass is 10.0. The Morgan fingerprint density at radius 2 is 2.00 bits per heavy atom. The largest absolute Gasteiger partial charge is 0.411 e. The molecule has 2 N–H and O–H groups in total. The lowest BCUT2D eigenvalue weighted by molar-refractivity contribution is 0.322. The molecule has 2 aromatic carbocycles. The van der Waals surface area contributed by atoms with Gasteiger partial charge in [-0.3, -0.25) is 0 Å². The summed E-state index contributed by atoms with van der Waals surface area (Å²) in [5.41, 5.74) is 1.95. The maximum Gasteiger partial charge on any atom is 0.0755 e. The number of benzene rings is 2. The van der Waals surface area contributed by atoms with Crippen molar-refractivity contribution in [2.75, 3.05) is 0 Å². The Kier molecular flexibility index (Phi) is 1.90. The molecule has 0 aliphatic rings. The van der Waals surface area contributed by atoms with Gasteiger partial charge in [-0.15, -0.1) is 0 Å². The van der Waals surface area contributed by atoms with E-state index in [0.29, 0.717) is 0 Å². The van der Waals surface area contributed by atoms with Crippen molar-refractivity contribution in [1.29, 1.82) is 0 Å². The topological polar surface area (TPSA) is 48.4 Å². The Morgan fingerprint density at radius 1 is 1.12 bits per heavy atom. The van der Waals surface area contributed by atoms with Crippen molar-refractivity contribution in [3.05, 3.63) is 48.2 Å². The normalized spacial score (nSPS) is 11.8. The summed E-state index contributed by atoms with van der Waals surface area (Å²) >= 11 is 0. The number of nitrogens with zero attached hydrogens (tertiary/aromatic N) is 1. The van der Waals surface area contributed by atoms with Gasteiger partial charge in [0.1, 0.15) is 0 Å². The number of hydrogen-bond donors (Lipinski definition) is 2. The van der Waals surface area contributed by atoms with Crippen LogP contribution >= 0.6 is 0 Å². The third kappa shape index (κ3) is 1.18. The van der Waals surface area contributed by atoms with E-state index in [2.05, 4.69) is 28.3 Å². The molecule has 0 bridgehead atoms. The maximum absolute atomic E-state index is 8.63. The molecular weight excluding hydrogens is 200 g/mol. The van der Waals surface area contributed by atoms with Gasteiger partial charge in [0.25, 0.3) is 0 Å². The lowest BCUT2D eigenvalue weighted by Crippen LogP contribution is -1.79. The second kappa shape index (κ2) is 3.38. The molecule has 0 unspecified atom stereocenters. The highest BCUT2D eigenvalue weighted by Crippen LogP contribution is 2.26. The number of H-pyrrole nitrogens is 1. The van der Waals surface area contributed by atoms with Crippen LogP contribution < -0.4 is 0 Å². The lowest BCUT2D eigenvalue weighted by Gasteiger charge is -1.99. The summed E-state index contributed by atoms with van der Waals surface area (Å²) in [4.78, 5) is 3.16. The molecule has 0 amide bonds. The SMILES string of the molecule is O/N=C/c1c[nH]c2ccc3ccccc3c12. The first-order chi connectivity index (χ1) is 7.90. The standard InChI is InChI=1S/C13H10N2O/c16-15-8-10-7-14-12-6-5-9-3-1-2-4-11(9)13(10)12/h1-8,14,16H/b15-8+. The van der Waals surface area contributed by atoms with E-state index < -0.39 is 0 Å². The van der Waals surface area contributed by atoms with Crippen LogP contribution in [0.25, 0.3) is 21.7 Å². The van der Waals surface area contributed by atoms with E-state index in [4.69, 9.17) is 5.21 Å². The second-order valence-corrected chi connectivity index (χ2v) is 3.70. The van der Waals surface area contributed by atoms with Crippen molar-refractivity contribution in [2.24, 2.45) is 5.16 Å². The van der Waals surface area contributed by atoms with Crippen LogP contribution in [-0.4, -0.2) is 16.4 Å². The minimum absolute atomic E-state index is 0.898. The van der Waals surface area contributed by atoms with Crippen molar-refractivity contribution >= 4 is 27.9 Å². The molecule has 0 radical (unpaired) electrons. The Balaban J connectivity index is 2.51. The zero-order valence-electron chi connectivity index (χ0n) is 8.51. The molecule has 1 heterocycles. The Bertz CT molecular complexity index is 683. The zero-order valence-corrected chi connectivity index (χ0v) is 8.51. The molecular formula is C13H10N2O. The average Bonchev–Trinajstić information content (AvgIpc) is 2.73. The first-order valence-corrected chi connectivity index (χ1v) is 5.06. The van der Waals surface area contributed by atoms with Crippen molar-refractivity contribution in [2.45, 2.75) is 0 Å². The molecule has 0 aliphatic heterocycles. The van der Waals surface area contributed by atoms with E-state index in [9.17, 15) is 0 Å². The number of oxime groups is 1. The van der Waals surface area contributed by atoms with E-state index in [1.807, 2.05) is 24.4 Å². The summed E-state index contributed by atoms with van der Waals surface area (Å²) in [7, 11) is 0. The molecule has 0 saturated heterocycles. The van der Waals surface area contributed by atoms with Crippen molar-refractivity contribution < 1.29 is 5.21 Å². The molecule has 0 atom stereocenters. The van der Waals surface area contributed by atoms with Gasteiger partial charge in [0.05, 0.1) is 6.21 Å². The van der Waals surface area contributed by atoms with Gasteiger partial charge in [0.15, 0.2) is 0 Å². The van der Waals surface area contributed by atoms with Gasteiger partial charge in [-0.05, 0) is 16.8 Å². The highest BCUT2D eigenvalue weighted by molar-refractivity contribution is 6.13. The van der Waals surface area contributed by atoms with Crippen LogP contribution in [0.1, 0.15) is 5.56 Å². The van der Waals surface area contributed by atoms with Crippen LogP contribution in [0, 0.1) is 0 Å². The van der Waals surface area contributed by atoms with Gasteiger partial charge in [-0.25, -0.2) is 0 Å². The van der Waals surface area contributed by atoms with E-state index in [-0.39, 0.29) is 0 Å². The first-order valence-electron chi connectivity index (χ1n) is 5.06. The van der Waals surface area contributed by atoms with Crippen molar-refractivity contribution in [1.82, 2.24) is 4.98 Å². The fraction of sp³-hybridized carbons (Fsp3) is 0. The fourth-order valence-electron chi connectivity index (χ4n) is 2.09. The molecule has 3 aromatic rings.